The summed E-state index contributed by atoms with van der Waals surface area (Å²) in [6.07, 6.45) is 9.86. The van der Waals surface area contributed by atoms with E-state index in [2.05, 4.69) is 49.0 Å². The van der Waals surface area contributed by atoms with Crippen LogP contribution in [0.4, 0.5) is 4.79 Å². The van der Waals surface area contributed by atoms with E-state index in [1.807, 2.05) is 79.5 Å². The molecule has 14 heteroatoms. The lowest BCUT2D eigenvalue weighted by Gasteiger charge is -2.34. The molecule has 7 rings (SSSR count). The zero-order valence-corrected chi connectivity index (χ0v) is 33.3. The minimum atomic E-state index is -0.698. The summed E-state index contributed by atoms with van der Waals surface area (Å²) < 4.78 is 4.75. The lowest BCUT2D eigenvalue weighted by atomic mass is 10.0. The molecular formula is C44H56N10O4. The fourth-order valence-corrected chi connectivity index (χ4v) is 8.12. The van der Waals surface area contributed by atoms with Gasteiger partial charge in [0.15, 0.2) is 5.82 Å². The first-order chi connectivity index (χ1) is 27.7. The van der Waals surface area contributed by atoms with Crippen LogP contribution in [-0.2, 0) is 14.3 Å². The quantitative estimate of drug-likeness (QED) is 0.111. The SMILES string of the molecule is C.CCN(CC)[C@@H](C(=O)N1CCC[C@H]1c1ncc(-c2ccc(-c3ncc(-c4cnc([C@@H]5CCCN5C(=O)[C@@H](NC(=O)OC)C(C)C)[nH]4)cn3)cc2)[nH]1)c1ccccc1. The molecule has 0 spiro atoms. The number of benzene rings is 2. The Bertz CT molecular complexity index is 2130. The summed E-state index contributed by atoms with van der Waals surface area (Å²) in [5.41, 5.74) is 5.26. The van der Waals surface area contributed by atoms with E-state index in [1.54, 1.807) is 23.5 Å². The standard InChI is InChI=1S/C43H52N10O4.CH4/c1-6-51(7-2)37(29-13-9-8-10-14-29)42(55)53-22-12-16-35(53)40-46-25-32(48-40)28-17-19-30(20-18-28)38-44-23-31(24-45-38)33-26-47-39(49-33)34-15-11-21-52(34)41(54)36(27(3)4)50-43(56)57-5;/h8-10,13-14,17-20,23-27,34-37H,6-7,11-12,15-16,21-22H2,1-5H3,(H,46,48)(H,47,49)(H,50,56);1H4/t34-,35-,36-,37+;/m0./s1. The van der Waals surface area contributed by atoms with Crippen LogP contribution in [0.3, 0.4) is 0 Å². The number of hydrogen-bond donors (Lipinski definition) is 3. The maximum Gasteiger partial charge on any atom is 0.407 e. The Morgan fingerprint density at radius 1 is 0.759 bits per heavy atom. The van der Waals surface area contributed by atoms with Gasteiger partial charge >= 0.3 is 6.09 Å². The first-order valence-electron chi connectivity index (χ1n) is 20.0. The largest absolute Gasteiger partial charge is 0.453 e. The highest BCUT2D eigenvalue weighted by molar-refractivity contribution is 5.86. The first kappa shape index (κ1) is 41.7. The summed E-state index contributed by atoms with van der Waals surface area (Å²) in [5, 5.41) is 2.69. The van der Waals surface area contributed by atoms with Crippen LogP contribution in [0.2, 0.25) is 0 Å². The van der Waals surface area contributed by atoms with Crippen LogP contribution in [0.5, 0.6) is 0 Å². The molecule has 5 aromatic rings. The van der Waals surface area contributed by atoms with Gasteiger partial charge in [-0.15, -0.1) is 0 Å². The van der Waals surface area contributed by atoms with E-state index >= 15 is 0 Å². The maximum absolute atomic E-state index is 14.2. The van der Waals surface area contributed by atoms with Crippen LogP contribution in [0.1, 0.15) is 96.1 Å². The number of alkyl carbamates (subject to hydrolysis) is 1. The zero-order chi connectivity index (χ0) is 40.1. The Kier molecular flexibility index (Phi) is 13.4. The second-order valence-electron chi connectivity index (χ2n) is 15.0. The smallest absolute Gasteiger partial charge is 0.407 e. The molecule has 14 nitrogen and oxygen atoms in total. The molecule has 3 amide bonds. The van der Waals surface area contributed by atoms with Crippen LogP contribution in [0.25, 0.3) is 33.9 Å². The van der Waals surface area contributed by atoms with E-state index < -0.39 is 12.1 Å². The third-order valence-electron chi connectivity index (χ3n) is 11.2. The van der Waals surface area contributed by atoms with E-state index in [0.29, 0.717) is 24.7 Å². The average Bonchev–Trinajstić information content (AvgIpc) is 4.09. The third-order valence-corrected chi connectivity index (χ3v) is 11.2. The first-order valence-corrected chi connectivity index (χ1v) is 20.0. The van der Waals surface area contributed by atoms with Gasteiger partial charge in [-0.1, -0.05) is 89.7 Å². The molecule has 58 heavy (non-hydrogen) atoms. The predicted molar refractivity (Wildman–Crippen MR) is 223 cm³/mol. The fraction of sp³-hybridized carbons (Fsp3) is 0.432. The van der Waals surface area contributed by atoms with Crippen molar-refractivity contribution < 1.29 is 19.1 Å². The summed E-state index contributed by atoms with van der Waals surface area (Å²) in [6, 6.07) is 16.7. The van der Waals surface area contributed by atoms with Crippen LogP contribution >= 0.6 is 0 Å². The lowest BCUT2D eigenvalue weighted by molar-refractivity contribution is -0.138. The number of carbonyl (C=O) groups is 3. The number of rotatable bonds is 13. The number of nitrogens with one attached hydrogen (secondary N) is 3. The molecule has 0 unspecified atom stereocenters. The molecule has 2 fully saturated rings. The molecule has 306 valence electrons. The molecule has 0 radical (unpaired) electrons. The number of likely N-dealkylation sites (tertiary alicyclic amines) is 2. The van der Waals surface area contributed by atoms with Gasteiger partial charge in [-0.2, -0.15) is 0 Å². The van der Waals surface area contributed by atoms with Crippen molar-refractivity contribution in [2.75, 3.05) is 33.3 Å². The highest BCUT2D eigenvalue weighted by atomic mass is 16.5. The number of hydrogen-bond acceptors (Lipinski definition) is 9. The number of H-pyrrole nitrogens is 2. The number of amides is 3. The highest BCUT2D eigenvalue weighted by Crippen LogP contribution is 2.36. The number of methoxy groups -OCH3 is 1. The van der Waals surface area contributed by atoms with Crippen molar-refractivity contribution in [3.05, 3.63) is 96.6 Å². The Morgan fingerprint density at radius 2 is 1.29 bits per heavy atom. The molecular weight excluding hydrogens is 733 g/mol. The molecule has 5 heterocycles. The molecule has 0 aliphatic carbocycles. The number of aromatic amines is 2. The van der Waals surface area contributed by atoms with E-state index in [4.69, 9.17) is 9.72 Å². The molecule has 3 aromatic heterocycles. The van der Waals surface area contributed by atoms with Crippen molar-refractivity contribution in [1.29, 1.82) is 0 Å². The molecule has 2 aliphatic heterocycles. The summed E-state index contributed by atoms with van der Waals surface area (Å²) in [6.45, 7) is 10.8. The van der Waals surface area contributed by atoms with E-state index in [9.17, 15) is 14.4 Å². The van der Waals surface area contributed by atoms with Gasteiger partial charge in [0.25, 0.3) is 0 Å². The van der Waals surface area contributed by atoms with Crippen LogP contribution < -0.4 is 5.32 Å². The summed E-state index contributed by atoms with van der Waals surface area (Å²) in [4.78, 5) is 71.3. The molecule has 4 atom stereocenters. The monoisotopic (exact) mass is 788 g/mol. The summed E-state index contributed by atoms with van der Waals surface area (Å²) >= 11 is 0. The Balaban J connectivity index is 0.00000567. The van der Waals surface area contributed by atoms with Gasteiger partial charge < -0.3 is 29.8 Å². The second kappa shape index (κ2) is 18.6. The van der Waals surface area contributed by atoms with E-state index in [-0.39, 0.29) is 43.3 Å². The number of likely N-dealkylation sites (N-methyl/N-ethyl adjacent to an activating group) is 1. The summed E-state index contributed by atoms with van der Waals surface area (Å²) in [5.74, 6) is 1.92. The number of ether oxygens (including phenoxy) is 1. The van der Waals surface area contributed by atoms with Gasteiger partial charge in [-0.05, 0) is 55.8 Å². The number of carbonyl (C=O) groups excluding carboxylic acids is 3. The van der Waals surface area contributed by atoms with E-state index in [1.165, 1.54) is 7.11 Å². The molecule has 0 saturated carbocycles. The van der Waals surface area contributed by atoms with Crippen molar-refractivity contribution in [2.24, 2.45) is 5.92 Å². The van der Waals surface area contributed by atoms with Gasteiger partial charge in [-0.25, -0.2) is 24.7 Å². The van der Waals surface area contributed by atoms with E-state index in [0.717, 1.165) is 78.2 Å². The van der Waals surface area contributed by atoms with Crippen molar-refractivity contribution in [2.45, 2.75) is 85.0 Å². The van der Waals surface area contributed by atoms with Gasteiger partial charge in [0.2, 0.25) is 11.8 Å². The molecule has 2 aromatic carbocycles. The van der Waals surface area contributed by atoms with Crippen molar-refractivity contribution >= 4 is 17.9 Å². The molecule has 2 saturated heterocycles. The minimum Gasteiger partial charge on any atom is -0.453 e. The maximum atomic E-state index is 14.2. The third kappa shape index (κ3) is 8.66. The topological polar surface area (TPSA) is 165 Å². The van der Waals surface area contributed by atoms with Gasteiger partial charge in [0.1, 0.15) is 23.7 Å². The minimum absolute atomic E-state index is 0. The van der Waals surface area contributed by atoms with Crippen molar-refractivity contribution in [1.82, 2.24) is 49.9 Å². The Labute approximate surface area is 340 Å². The number of imidazole rings is 2. The average molecular weight is 789 g/mol. The second-order valence-corrected chi connectivity index (χ2v) is 15.0. The number of nitrogens with zero attached hydrogens (tertiary/aromatic N) is 7. The fourth-order valence-electron chi connectivity index (χ4n) is 8.12. The molecule has 3 N–H and O–H groups in total. The van der Waals surface area contributed by atoms with Gasteiger partial charge in [-0.3, -0.25) is 14.5 Å². The Morgan fingerprint density at radius 3 is 1.83 bits per heavy atom. The van der Waals surface area contributed by atoms with Gasteiger partial charge in [0.05, 0.1) is 43.0 Å². The van der Waals surface area contributed by atoms with Crippen molar-refractivity contribution in [3.8, 4) is 33.9 Å². The Hall–Kier alpha value is -5.89. The molecule has 0 bridgehead atoms. The lowest BCUT2D eigenvalue weighted by Crippen LogP contribution is -2.51. The number of aromatic nitrogens is 6. The van der Waals surface area contributed by atoms with Crippen LogP contribution in [0, 0.1) is 5.92 Å². The van der Waals surface area contributed by atoms with Crippen molar-refractivity contribution in [3.63, 3.8) is 0 Å². The predicted octanol–water partition coefficient (Wildman–Crippen LogP) is 7.35. The zero-order valence-electron chi connectivity index (χ0n) is 33.3. The van der Waals surface area contributed by atoms with Gasteiger partial charge in [0, 0.05) is 36.6 Å². The summed E-state index contributed by atoms with van der Waals surface area (Å²) in [7, 11) is 1.29. The van der Waals surface area contributed by atoms with Crippen LogP contribution in [0.15, 0.2) is 79.4 Å². The molecule has 2 aliphatic rings. The highest BCUT2D eigenvalue weighted by Gasteiger charge is 2.39. The van der Waals surface area contributed by atoms with Crippen LogP contribution in [-0.4, -0.2) is 102 Å². The normalized spacial score (nSPS) is 17.6.